The fraction of sp³-hybridized carbons (Fsp3) is 0. The number of nitrogens with zero attached hydrogens (tertiary/aromatic N) is 1. The standard InChI is InChI=1S/C45H27NO/c1-2-10-30-25-31(18-17-28(30)9-1)43-35-13-5-7-15-37(35)44(38-16-8-6-14-36(38)43)32-19-20-39-41(26-32)47-42-27-40(29-21-23-46-24-22-29)33-11-3-4-12-34(33)45(39)42/h1-27H. The Morgan fingerprint density at radius 1 is 0.362 bits per heavy atom. The van der Waals surface area contributed by atoms with Gasteiger partial charge in [0, 0.05) is 23.2 Å². The van der Waals surface area contributed by atoms with Gasteiger partial charge in [-0.05, 0) is 113 Å². The number of hydrogen-bond donors (Lipinski definition) is 0. The van der Waals surface area contributed by atoms with Crippen molar-refractivity contribution in [2.75, 3.05) is 0 Å². The number of pyridine rings is 1. The molecule has 2 nitrogen and oxygen atoms in total. The third-order valence-corrected chi connectivity index (χ3v) is 9.73. The lowest BCUT2D eigenvalue weighted by atomic mass is 9.85. The van der Waals surface area contributed by atoms with Gasteiger partial charge >= 0.3 is 0 Å². The fourth-order valence-electron chi connectivity index (χ4n) is 7.66. The summed E-state index contributed by atoms with van der Waals surface area (Å²) in [5, 5.41) is 12.1. The first-order valence-corrected chi connectivity index (χ1v) is 16.0. The van der Waals surface area contributed by atoms with Crippen LogP contribution in [0.2, 0.25) is 0 Å². The average Bonchev–Trinajstić information content (AvgIpc) is 3.51. The molecule has 0 spiro atoms. The molecular formula is C45H27NO. The van der Waals surface area contributed by atoms with Gasteiger partial charge in [-0.1, -0.05) is 115 Å². The van der Waals surface area contributed by atoms with E-state index in [0.717, 1.165) is 38.6 Å². The number of benzene rings is 8. The molecule has 47 heavy (non-hydrogen) atoms. The van der Waals surface area contributed by atoms with Crippen molar-refractivity contribution in [1.82, 2.24) is 4.98 Å². The van der Waals surface area contributed by atoms with Crippen molar-refractivity contribution < 1.29 is 4.42 Å². The summed E-state index contributed by atoms with van der Waals surface area (Å²) in [7, 11) is 0. The van der Waals surface area contributed by atoms with Crippen LogP contribution in [-0.4, -0.2) is 4.98 Å². The lowest BCUT2D eigenvalue weighted by molar-refractivity contribution is 0.669. The molecule has 0 bridgehead atoms. The number of furan rings is 1. The van der Waals surface area contributed by atoms with Crippen molar-refractivity contribution >= 4 is 65.0 Å². The van der Waals surface area contributed by atoms with E-state index in [9.17, 15) is 0 Å². The molecule has 0 radical (unpaired) electrons. The quantitative estimate of drug-likeness (QED) is 0.189. The summed E-state index contributed by atoms with van der Waals surface area (Å²) in [6.07, 6.45) is 3.69. The molecular weight excluding hydrogens is 571 g/mol. The minimum absolute atomic E-state index is 0.890. The summed E-state index contributed by atoms with van der Waals surface area (Å²) in [5.74, 6) is 0. The lowest BCUT2D eigenvalue weighted by Gasteiger charge is -2.18. The molecule has 0 aliphatic rings. The highest BCUT2D eigenvalue weighted by Crippen LogP contribution is 2.46. The topological polar surface area (TPSA) is 26.0 Å². The van der Waals surface area contributed by atoms with Crippen LogP contribution in [-0.2, 0) is 0 Å². The van der Waals surface area contributed by atoms with Crippen molar-refractivity contribution in [1.29, 1.82) is 0 Å². The molecule has 0 aliphatic heterocycles. The third kappa shape index (κ3) is 3.95. The van der Waals surface area contributed by atoms with E-state index >= 15 is 0 Å². The summed E-state index contributed by atoms with van der Waals surface area (Å²) < 4.78 is 6.73. The van der Waals surface area contributed by atoms with Crippen LogP contribution in [0.5, 0.6) is 0 Å². The molecule has 10 aromatic rings. The number of aromatic nitrogens is 1. The summed E-state index contributed by atoms with van der Waals surface area (Å²) in [4.78, 5) is 4.24. The zero-order valence-electron chi connectivity index (χ0n) is 25.4. The molecule has 2 heterocycles. The summed E-state index contributed by atoms with van der Waals surface area (Å²) in [6.45, 7) is 0. The van der Waals surface area contributed by atoms with Crippen LogP contribution in [0.4, 0.5) is 0 Å². The normalized spacial score (nSPS) is 11.8. The second-order valence-corrected chi connectivity index (χ2v) is 12.3. The second-order valence-electron chi connectivity index (χ2n) is 12.3. The first-order chi connectivity index (χ1) is 23.3. The van der Waals surface area contributed by atoms with Gasteiger partial charge in [-0.15, -0.1) is 0 Å². The molecule has 0 fully saturated rings. The summed E-state index contributed by atoms with van der Waals surface area (Å²) >= 11 is 0. The minimum Gasteiger partial charge on any atom is -0.456 e. The Morgan fingerprint density at radius 2 is 0.915 bits per heavy atom. The Hall–Kier alpha value is -6.25. The van der Waals surface area contributed by atoms with Gasteiger partial charge in [-0.25, -0.2) is 0 Å². The van der Waals surface area contributed by atoms with Crippen LogP contribution in [0.15, 0.2) is 168 Å². The molecule has 0 amide bonds. The van der Waals surface area contributed by atoms with Crippen molar-refractivity contribution in [2.45, 2.75) is 0 Å². The molecule has 0 atom stereocenters. The van der Waals surface area contributed by atoms with E-state index in [0.29, 0.717) is 0 Å². The van der Waals surface area contributed by atoms with Crippen LogP contribution in [0, 0.1) is 0 Å². The molecule has 218 valence electrons. The molecule has 0 saturated heterocycles. The molecule has 0 aliphatic carbocycles. The molecule has 2 aromatic heterocycles. The van der Waals surface area contributed by atoms with Crippen LogP contribution in [0.1, 0.15) is 0 Å². The lowest BCUT2D eigenvalue weighted by Crippen LogP contribution is -1.91. The highest BCUT2D eigenvalue weighted by molar-refractivity contribution is 6.24. The first kappa shape index (κ1) is 26.0. The van der Waals surface area contributed by atoms with E-state index in [1.807, 2.05) is 12.4 Å². The highest BCUT2D eigenvalue weighted by Gasteiger charge is 2.19. The maximum absolute atomic E-state index is 6.73. The molecule has 0 saturated carbocycles. The van der Waals surface area contributed by atoms with Crippen molar-refractivity contribution in [3.8, 4) is 33.4 Å². The van der Waals surface area contributed by atoms with Gasteiger partial charge in [0.1, 0.15) is 11.2 Å². The predicted molar refractivity (Wildman–Crippen MR) is 198 cm³/mol. The van der Waals surface area contributed by atoms with Gasteiger partial charge in [-0.2, -0.15) is 0 Å². The Bertz CT molecular complexity index is 2790. The number of rotatable bonds is 3. The fourth-order valence-corrected chi connectivity index (χ4v) is 7.66. The van der Waals surface area contributed by atoms with Gasteiger partial charge in [0.2, 0.25) is 0 Å². The number of fused-ring (bicyclic) bond motifs is 8. The Balaban J connectivity index is 1.24. The molecule has 8 aromatic carbocycles. The van der Waals surface area contributed by atoms with Gasteiger partial charge < -0.3 is 4.42 Å². The van der Waals surface area contributed by atoms with Crippen LogP contribution >= 0.6 is 0 Å². The van der Waals surface area contributed by atoms with Crippen molar-refractivity contribution in [3.63, 3.8) is 0 Å². The van der Waals surface area contributed by atoms with Gasteiger partial charge in [-0.3, -0.25) is 4.98 Å². The Labute approximate surface area is 271 Å². The highest BCUT2D eigenvalue weighted by atomic mass is 16.3. The van der Waals surface area contributed by atoms with Crippen molar-refractivity contribution in [2.24, 2.45) is 0 Å². The maximum atomic E-state index is 6.73. The first-order valence-electron chi connectivity index (χ1n) is 16.0. The monoisotopic (exact) mass is 597 g/mol. The van der Waals surface area contributed by atoms with E-state index in [4.69, 9.17) is 4.42 Å². The molecule has 0 unspecified atom stereocenters. The second kappa shape index (κ2) is 10.1. The zero-order chi connectivity index (χ0) is 30.9. The van der Waals surface area contributed by atoms with Crippen LogP contribution in [0.25, 0.3) is 98.4 Å². The molecule has 2 heteroatoms. The van der Waals surface area contributed by atoms with E-state index < -0.39 is 0 Å². The van der Waals surface area contributed by atoms with E-state index in [1.165, 1.54) is 59.8 Å². The average molecular weight is 598 g/mol. The van der Waals surface area contributed by atoms with Gasteiger partial charge in [0.25, 0.3) is 0 Å². The van der Waals surface area contributed by atoms with Crippen LogP contribution in [0.3, 0.4) is 0 Å². The number of hydrogen-bond acceptors (Lipinski definition) is 2. The summed E-state index contributed by atoms with van der Waals surface area (Å²) in [5.41, 5.74) is 8.93. The van der Waals surface area contributed by atoms with E-state index in [2.05, 4.69) is 157 Å². The van der Waals surface area contributed by atoms with E-state index in [1.54, 1.807) is 0 Å². The van der Waals surface area contributed by atoms with E-state index in [-0.39, 0.29) is 0 Å². The Kier molecular flexibility index (Phi) is 5.61. The maximum Gasteiger partial charge on any atom is 0.136 e. The smallest absolute Gasteiger partial charge is 0.136 e. The largest absolute Gasteiger partial charge is 0.456 e. The zero-order valence-corrected chi connectivity index (χ0v) is 25.4. The van der Waals surface area contributed by atoms with Gasteiger partial charge in [0.05, 0.1) is 0 Å². The summed E-state index contributed by atoms with van der Waals surface area (Å²) in [6, 6.07) is 54.8. The van der Waals surface area contributed by atoms with Gasteiger partial charge in [0.15, 0.2) is 0 Å². The predicted octanol–water partition coefficient (Wildman–Crippen LogP) is 12.6. The third-order valence-electron chi connectivity index (χ3n) is 9.73. The SMILES string of the molecule is c1ccc2cc(-c3c4ccccc4c(-c4ccc5c(c4)oc4cc(-c6ccncc6)c6ccccc6c45)c4ccccc34)ccc2c1. The molecule has 0 N–H and O–H groups in total. The molecule has 10 rings (SSSR count). The van der Waals surface area contributed by atoms with Crippen molar-refractivity contribution in [3.05, 3.63) is 164 Å². The minimum atomic E-state index is 0.890. The Morgan fingerprint density at radius 3 is 1.60 bits per heavy atom. The van der Waals surface area contributed by atoms with Crippen LogP contribution < -0.4 is 0 Å².